The van der Waals surface area contributed by atoms with Crippen molar-refractivity contribution in [1.82, 2.24) is 41.9 Å². The van der Waals surface area contributed by atoms with E-state index in [2.05, 4.69) is 41.9 Å². The molecule has 0 radical (unpaired) electrons. The molecular weight excluding hydrogens is 989 g/mol. The van der Waals surface area contributed by atoms with Crippen LogP contribution in [-0.4, -0.2) is 132 Å². The number of thioether (sulfide) groups is 2. The van der Waals surface area contributed by atoms with Crippen molar-refractivity contribution in [1.29, 1.82) is 0 Å². The van der Waals surface area contributed by atoms with Crippen molar-refractivity contribution in [2.45, 2.75) is 136 Å². The molecule has 0 spiro atoms. The van der Waals surface area contributed by atoms with E-state index in [4.69, 9.17) is 11.5 Å². The lowest BCUT2D eigenvalue weighted by atomic mass is 9.79. The summed E-state index contributed by atoms with van der Waals surface area (Å²) in [6.45, 7) is 3.72. The molecule has 4 saturated carbocycles. The average molecular weight is 1060 g/mol. The Morgan fingerprint density at radius 1 is 0.689 bits per heavy atom. The molecule has 13 N–H and O–H groups in total. The summed E-state index contributed by atoms with van der Waals surface area (Å²) >= 11 is 3.17. The summed E-state index contributed by atoms with van der Waals surface area (Å²) in [6, 6.07) is 8.96. The minimum atomic E-state index is -1.56. The SMILES string of the molecule is CS[C@H]1C[C@H]2C[C@@H]1[C@](NC(=O)[C@H](CC(C)C)NC(=O)[C@H](Cc1cnc[nH]1)NC(=O)[C@H](Cc1ccccc1)NC(=O)[C@]1(NC(=O)[C@@H](N)Cc3ccc(O)cc3)C[C@H]3C[C@H](SC)[C@@H]1C3)(C(=O)N[C@@H](CC(=O)O)C(N)=O)C2. The minimum Gasteiger partial charge on any atom is -0.508 e. The van der Waals surface area contributed by atoms with Gasteiger partial charge < -0.3 is 58.6 Å². The Balaban J connectivity index is 1.15. The van der Waals surface area contributed by atoms with E-state index in [9.17, 15) is 43.8 Å². The van der Waals surface area contributed by atoms with Gasteiger partial charge in [-0.15, -0.1) is 0 Å². The highest BCUT2D eigenvalue weighted by Gasteiger charge is 2.62. The van der Waals surface area contributed by atoms with Gasteiger partial charge in [0.25, 0.3) is 0 Å². The molecule has 3 aromatic rings. The molecule has 4 bridgehead atoms. The van der Waals surface area contributed by atoms with Gasteiger partial charge >= 0.3 is 5.97 Å². The summed E-state index contributed by atoms with van der Waals surface area (Å²) < 4.78 is 0. The number of primary amides is 1. The van der Waals surface area contributed by atoms with Crippen LogP contribution in [0, 0.1) is 29.6 Å². The number of aliphatic carboxylic acids is 1. The third-order valence-electron chi connectivity index (χ3n) is 15.4. The maximum absolute atomic E-state index is 15.1. The molecule has 2 aromatic carbocycles. The van der Waals surface area contributed by atoms with Crippen molar-refractivity contribution < 1.29 is 48.6 Å². The summed E-state index contributed by atoms with van der Waals surface area (Å²) in [5.74, 6) is -6.96. The molecule has 22 heteroatoms. The first-order valence-corrected chi connectivity index (χ1v) is 27.8. The Labute approximate surface area is 439 Å². The predicted octanol–water partition coefficient (Wildman–Crippen LogP) is 1.45. The number of phenols is 1. The van der Waals surface area contributed by atoms with E-state index in [1.165, 1.54) is 24.7 Å². The Morgan fingerprint density at radius 3 is 1.72 bits per heavy atom. The van der Waals surface area contributed by atoms with Gasteiger partial charge in [0.05, 0.1) is 18.8 Å². The topological polar surface area (TPSA) is 330 Å². The van der Waals surface area contributed by atoms with Crippen molar-refractivity contribution in [3.63, 3.8) is 0 Å². The Kier molecular flexibility index (Phi) is 18.1. The maximum Gasteiger partial charge on any atom is 0.305 e. The molecule has 4 aliphatic carbocycles. The summed E-state index contributed by atoms with van der Waals surface area (Å²) in [5, 5.41) is 36.6. The molecule has 7 amide bonds. The van der Waals surface area contributed by atoms with E-state index < -0.39 is 95.0 Å². The predicted molar refractivity (Wildman–Crippen MR) is 279 cm³/mol. The number of hydrogen-bond donors (Lipinski definition) is 11. The van der Waals surface area contributed by atoms with Crippen LogP contribution in [0.5, 0.6) is 5.75 Å². The molecule has 7 rings (SSSR count). The number of fused-ring (bicyclic) bond motifs is 4. The lowest BCUT2D eigenvalue weighted by Crippen LogP contribution is -2.68. The van der Waals surface area contributed by atoms with Crippen LogP contribution in [0.1, 0.15) is 82.0 Å². The Hall–Kier alpha value is -6.13. The number of carboxylic acid groups (broad SMARTS) is 1. The van der Waals surface area contributed by atoms with Crippen LogP contribution in [0.25, 0.3) is 0 Å². The highest BCUT2D eigenvalue weighted by atomic mass is 32.2. The second-order valence-corrected chi connectivity index (χ2v) is 23.2. The molecule has 20 nitrogen and oxygen atoms in total. The summed E-state index contributed by atoms with van der Waals surface area (Å²) in [4.78, 5) is 119. The number of benzene rings is 2. The number of nitrogens with one attached hydrogen (secondary N) is 7. The number of nitrogens with zero attached hydrogens (tertiary/aromatic N) is 1. The largest absolute Gasteiger partial charge is 0.508 e. The molecule has 0 aliphatic heterocycles. The molecule has 1 heterocycles. The molecule has 4 aliphatic rings. The van der Waals surface area contributed by atoms with E-state index in [1.807, 2.05) is 44.6 Å². The fourth-order valence-corrected chi connectivity index (χ4v) is 14.2. The smallest absolute Gasteiger partial charge is 0.305 e. The van der Waals surface area contributed by atoms with Gasteiger partial charge in [0, 0.05) is 47.1 Å². The minimum absolute atomic E-state index is 0.00601. The van der Waals surface area contributed by atoms with E-state index in [0.29, 0.717) is 36.1 Å². The van der Waals surface area contributed by atoms with Gasteiger partial charge in [-0.3, -0.25) is 38.4 Å². The van der Waals surface area contributed by atoms with E-state index >= 15 is 4.79 Å². The zero-order chi connectivity index (χ0) is 53.5. The second kappa shape index (κ2) is 24.0. The number of amides is 7. The van der Waals surface area contributed by atoms with Crippen LogP contribution in [0.2, 0.25) is 0 Å². The highest BCUT2D eigenvalue weighted by Crippen LogP contribution is 2.56. The number of phenolic OH excluding ortho intramolecular Hbond substituents is 1. The Bertz CT molecular complexity index is 2520. The van der Waals surface area contributed by atoms with E-state index in [-0.39, 0.29) is 77.9 Å². The second-order valence-electron chi connectivity index (χ2n) is 21.0. The fourth-order valence-electron chi connectivity index (χ4n) is 11.9. The molecule has 74 heavy (non-hydrogen) atoms. The van der Waals surface area contributed by atoms with Gasteiger partial charge in [-0.2, -0.15) is 23.5 Å². The monoisotopic (exact) mass is 1060 g/mol. The lowest BCUT2D eigenvalue weighted by Gasteiger charge is -2.42. The standard InChI is InChI=1S/C52H70N10O10S2/c1-27(2)14-38(48(70)62-52(24-31-16-35(52)42(20-31)74-4)49(71)59-37(44(54)66)22-43(64)65)57-47(69)40(21-32-25-55-26-56-32)58-46(68)39(18-28-8-6-5-7-9-28)60-50(72)51(23-30-15-34(51)41(19-30)73-3)61-45(67)36(53)17-29-10-12-33(63)13-11-29/h5-13,25-27,30-31,34-42,63H,14-24,53H2,1-4H3,(H2,54,66)(H,55,56)(H,57,69)(H,58,68)(H,59,71)(H,60,72)(H,61,67)(H,62,70)(H,64,65)/t30-,31-,34+,35+,36+,37+,38+,39+,40+,41+,42+,51+,52+/m1/s1. The molecule has 400 valence electrons. The van der Waals surface area contributed by atoms with Gasteiger partial charge in [0.15, 0.2) is 0 Å². The van der Waals surface area contributed by atoms with Crippen molar-refractivity contribution in [2.24, 2.45) is 41.1 Å². The molecular formula is C52H70N10O10S2. The van der Waals surface area contributed by atoms with Crippen molar-refractivity contribution in [2.75, 3.05) is 12.5 Å². The van der Waals surface area contributed by atoms with Gasteiger partial charge in [-0.25, -0.2) is 4.98 Å². The fraction of sp³-hybridized carbons (Fsp3) is 0.558. The van der Waals surface area contributed by atoms with Crippen LogP contribution < -0.4 is 43.4 Å². The number of carboxylic acids is 1. The number of hydrogen-bond acceptors (Lipinski definition) is 13. The van der Waals surface area contributed by atoms with Crippen LogP contribution in [-0.2, 0) is 57.6 Å². The van der Waals surface area contributed by atoms with Gasteiger partial charge in [-0.05, 0) is 105 Å². The summed E-state index contributed by atoms with van der Waals surface area (Å²) in [6.07, 6.45) is 9.67. The molecule has 13 atom stereocenters. The third kappa shape index (κ3) is 12.9. The molecule has 4 fully saturated rings. The molecule has 0 unspecified atom stereocenters. The van der Waals surface area contributed by atoms with E-state index in [1.54, 1.807) is 47.8 Å². The number of H-pyrrole nitrogens is 1. The van der Waals surface area contributed by atoms with Crippen LogP contribution in [0.4, 0.5) is 0 Å². The third-order valence-corrected chi connectivity index (χ3v) is 17.7. The Morgan fingerprint density at radius 2 is 1.22 bits per heavy atom. The van der Waals surface area contributed by atoms with Crippen LogP contribution in [0.3, 0.4) is 0 Å². The summed E-state index contributed by atoms with van der Waals surface area (Å²) in [5.41, 5.74) is 10.9. The van der Waals surface area contributed by atoms with Gasteiger partial charge in [-0.1, -0.05) is 56.3 Å². The summed E-state index contributed by atoms with van der Waals surface area (Å²) in [7, 11) is 0. The average Bonchev–Trinajstić information content (AvgIpc) is 4.22. The van der Waals surface area contributed by atoms with Gasteiger partial charge in [0.2, 0.25) is 41.4 Å². The van der Waals surface area contributed by atoms with Crippen molar-refractivity contribution >= 4 is 70.8 Å². The first kappa shape index (κ1) is 55.6. The number of rotatable bonds is 25. The number of aromatic hydroxyl groups is 1. The van der Waals surface area contributed by atoms with Gasteiger partial charge in [0.1, 0.15) is 41.0 Å². The number of nitrogens with two attached hydrogens (primary N) is 2. The number of carbonyl (C=O) groups excluding carboxylic acids is 7. The number of imidazole rings is 1. The normalized spacial score (nSPS) is 26.5. The lowest BCUT2D eigenvalue weighted by molar-refractivity contribution is -0.142. The van der Waals surface area contributed by atoms with E-state index in [0.717, 1.165) is 12.8 Å². The number of carbonyl (C=O) groups is 8. The molecule has 1 aromatic heterocycles. The first-order valence-electron chi connectivity index (χ1n) is 25.2. The quantitative estimate of drug-likeness (QED) is 0.0573. The zero-order valence-corrected chi connectivity index (χ0v) is 43.8. The molecule has 0 saturated heterocycles. The maximum atomic E-state index is 15.1. The van der Waals surface area contributed by atoms with Crippen molar-refractivity contribution in [3.05, 3.63) is 83.9 Å². The first-order chi connectivity index (χ1) is 35.2. The zero-order valence-electron chi connectivity index (χ0n) is 42.1. The van der Waals surface area contributed by atoms with Crippen LogP contribution in [0.15, 0.2) is 67.1 Å². The number of aromatic amines is 1. The number of aromatic nitrogens is 2. The highest BCUT2D eigenvalue weighted by molar-refractivity contribution is 7.99. The van der Waals surface area contributed by atoms with Crippen LogP contribution >= 0.6 is 23.5 Å². The van der Waals surface area contributed by atoms with Crippen molar-refractivity contribution in [3.8, 4) is 5.75 Å².